The molecule has 1 atom stereocenters. The van der Waals surface area contributed by atoms with Crippen molar-refractivity contribution in [1.29, 1.82) is 0 Å². The first-order valence-corrected chi connectivity index (χ1v) is 13.3. The van der Waals surface area contributed by atoms with Crippen LogP contribution >= 0.6 is 22.6 Å². The van der Waals surface area contributed by atoms with E-state index in [9.17, 15) is 4.79 Å². The highest BCUT2D eigenvalue weighted by Gasteiger charge is 2.14. The fourth-order valence-electron chi connectivity index (χ4n) is 3.46. The van der Waals surface area contributed by atoms with Crippen LogP contribution in [-0.2, 0) is 9.53 Å². The zero-order chi connectivity index (χ0) is 20.0. The molecule has 0 amide bonds. The average Bonchev–Trinajstić information content (AvgIpc) is 2.67. The number of hydrogen-bond acceptors (Lipinski definition) is 2. The summed E-state index contributed by atoms with van der Waals surface area (Å²) in [6.45, 7) is 5.00. The van der Waals surface area contributed by atoms with Crippen LogP contribution in [0.2, 0.25) is 0 Å². The van der Waals surface area contributed by atoms with Crippen LogP contribution in [0.5, 0.6) is 0 Å². The van der Waals surface area contributed by atoms with Gasteiger partial charge in [0.1, 0.15) is 3.92 Å². The maximum atomic E-state index is 11.7. The lowest BCUT2D eigenvalue weighted by atomic mass is 10.0. The van der Waals surface area contributed by atoms with Gasteiger partial charge in [-0.05, 0) is 12.8 Å². The summed E-state index contributed by atoms with van der Waals surface area (Å²) in [7, 11) is 0. The van der Waals surface area contributed by atoms with Gasteiger partial charge in [0.2, 0.25) is 0 Å². The molecular formula is C24H47IO2. The molecular weight excluding hydrogens is 447 g/mol. The smallest absolute Gasteiger partial charge is 0.318 e. The maximum Gasteiger partial charge on any atom is 0.318 e. The van der Waals surface area contributed by atoms with E-state index in [1.165, 1.54) is 103 Å². The predicted molar refractivity (Wildman–Crippen MR) is 128 cm³/mol. The van der Waals surface area contributed by atoms with Crippen molar-refractivity contribution >= 4 is 28.6 Å². The molecule has 0 aliphatic heterocycles. The highest BCUT2D eigenvalue weighted by Crippen LogP contribution is 2.14. The van der Waals surface area contributed by atoms with Gasteiger partial charge in [0, 0.05) is 0 Å². The Kier molecular flexibility index (Phi) is 22.7. The number of halogens is 1. The summed E-state index contributed by atoms with van der Waals surface area (Å²) in [5, 5.41) is 0. The van der Waals surface area contributed by atoms with Gasteiger partial charge in [-0.15, -0.1) is 0 Å². The van der Waals surface area contributed by atoms with Crippen LogP contribution in [0.25, 0.3) is 0 Å². The Morgan fingerprint density at radius 3 is 1.37 bits per heavy atom. The third kappa shape index (κ3) is 20.7. The first-order valence-electron chi connectivity index (χ1n) is 12.0. The summed E-state index contributed by atoms with van der Waals surface area (Å²) in [5.74, 6) is -0.0195. The van der Waals surface area contributed by atoms with Crippen LogP contribution in [0.4, 0.5) is 0 Å². The van der Waals surface area contributed by atoms with E-state index in [0.29, 0.717) is 6.61 Å². The Labute approximate surface area is 184 Å². The van der Waals surface area contributed by atoms with Crippen LogP contribution in [0, 0.1) is 0 Å². The molecule has 0 aromatic carbocycles. The van der Waals surface area contributed by atoms with Gasteiger partial charge in [0.25, 0.3) is 0 Å². The maximum absolute atomic E-state index is 11.7. The van der Waals surface area contributed by atoms with E-state index in [1.807, 2.05) is 0 Å². The average molecular weight is 495 g/mol. The van der Waals surface area contributed by atoms with E-state index < -0.39 is 0 Å². The van der Waals surface area contributed by atoms with Crippen molar-refractivity contribution in [2.75, 3.05) is 6.61 Å². The van der Waals surface area contributed by atoms with Gasteiger partial charge in [-0.1, -0.05) is 146 Å². The second-order valence-electron chi connectivity index (χ2n) is 8.08. The number of alkyl halides is 1. The summed E-state index contributed by atoms with van der Waals surface area (Å²) >= 11 is 2.20. The zero-order valence-electron chi connectivity index (χ0n) is 18.4. The van der Waals surface area contributed by atoms with Gasteiger partial charge in [-0.25, -0.2) is 0 Å². The standard InChI is InChI=1S/C24H47IO2/c1-3-5-6-7-8-9-10-11-12-13-14-15-16-17-18-19-20-22-27-24(26)23(25)21-4-2/h23H,3-22H2,1-2H3. The summed E-state index contributed by atoms with van der Waals surface area (Å²) < 4.78 is 5.37. The normalized spacial score (nSPS) is 12.3. The molecule has 0 aliphatic rings. The van der Waals surface area contributed by atoms with Crippen molar-refractivity contribution in [3.8, 4) is 0 Å². The predicted octanol–water partition coefficient (Wildman–Crippen LogP) is 8.78. The van der Waals surface area contributed by atoms with Crippen molar-refractivity contribution < 1.29 is 9.53 Å². The van der Waals surface area contributed by atoms with Gasteiger partial charge in [0.05, 0.1) is 6.61 Å². The lowest BCUT2D eigenvalue weighted by Crippen LogP contribution is -2.17. The minimum Gasteiger partial charge on any atom is -0.465 e. The van der Waals surface area contributed by atoms with Gasteiger partial charge in [-0.2, -0.15) is 0 Å². The summed E-state index contributed by atoms with van der Waals surface area (Å²) in [6, 6.07) is 0. The van der Waals surface area contributed by atoms with Crippen LogP contribution in [0.3, 0.4) is 0 Å². The molecule has 0 saturated heterocycles. The van der Waals surface area contributed by atoms with Crippen LogP contribution in [-0.4, -0.2) is 16.5 Å². The zero-order valence-corrected chi connectivity index (χ0v) is 20.6. The fourth-order valence-corrected chi connectivity index (χ4v) is 4.26. The van der Waals surface area contributed by atoms with E-state index in [2.05, 4.69) is 36.4 Å². The topological polar surface area (TPSA) is 26.3 Å². The molecule has 3 heteroatoms. The van der Waals surface area contributed by atoms with Crippen molar-refractivity contribution in [2.45, 2.75) is 140 Å². The molecule has 0 bridgehead atoms. The van der Waals surface area contributed by atoms with E-state index in [0.717, 1.165) is 19.3 Å². The second-order valence-corrected chi connectivity index (χ2v) is 9.58. The minimum absolute atomic E-state index is 0.0195. The molecule has 1 unspecified atom stereocenters. The Morgan fingerprint density at radius 2 is 1.00 bits per heavy atom. The number of unbranched alkanes of at least 4 members (excludes halogenated alkanes) is 16. The van der Waals surface area contributed by atoms with E-state index >= 15 is 0 Å². The van der Waals surface area contributed by atoms with Crippen LogP contribution < -0.4 is 0 Å². The van der Waals surface area contributed by atoms with Gasteiger partial charge >= 0.3 is 5.97 Å². The van der Waals surface area contributed by atoms with Crippen LogP contribution in [0.1, 0.15) is 136 Å². The quantitative estimate of drug-likeness (QED) is 0.0690. The fraction of sp³-hybridized carbons (Fsp3) is 0.958. The number of rotatable bonds is 21. The second kappa shape index (κ2) is 22.5. The number of hydrogen-bond donors (Lipinski definition) is 0. The first-order chi connectivity index (χ1) is 13.2. The lowest BCUT2D eigenvalue weighted by Gasteiger charge is -2.09. The first kappa shape index (κ1) is 27.2. The van der Waals surface area contributed by atoms with Gasteiger partial charge < -0.3 is 4.74 Å². The molecule has 0 radical (unpaired) electrons. The molecule has 0 rings (SSSR count). The summed E-state index contributed by atoms with van der Waals surface area (Å²) in [4.78, 5) is 11.7. The summed E-state index contributed by atoms with van der Waals surface area (Å²) in [6.07, 6.45) is 25.4. The lowest BCUT2D eigenvalue weighted by molar-refractivity contribution is -0.142. The molecule has 0 fully saturated rings. The molecule has 0 aromatic rings. The molecule has 0 spiro atoms. The molecule has 0 saturated carbocycles. The molecule has 0 aliphatic carbocycles. The number of carbonyl (C=O) groups is 1. The number of carbonyl (C=O) groups excluding carboxylic acids is 1. The van der Waals surface area contributed by atoms with Gasteiger partial charge in [0.15, 0.2) is 0 Å². The number of ether oxygens (including phenoxy) is 1. The molecule has 2 nitrogen and oxygen atoms in total. The van der Waals surface area contributed by atoms with Gasteiger partial charge in [-0.3, -0.25) is 4.79 Å². The van der Waals surface area contributed by atoms with Crippen molar-refractivity contribution in [3.63, 3.8) is 0 Å². The molecule has 27 heavy (non-hydrogen) atoms. The largest absolute Gasteiger partial charge is 0.465 e. The van der Waals surface area contributed by atoms with Crippen molar-refractivity contribution in [1.82, 2.24) is 0 Å². The monoisotopic (exact) mass is 494 g/mol. The highest BCUT2D eigenvalue weighted by atomic mass is 127. The summed E-state index contributed by atoms with van der Waals surface area (Å²) in [5.41, 5.74) is 0. The number of esters is 1. The SMILES string of the molecule is CCCCCCCCCCCCCCCCCCCOC(=O)C(I)CCC. The van der Waals surface area contributed by atoms with Crippen LogP contribution in [0.15, 0.2) is 0 Å². The van der Waals surface area contributed by atoms with E-state index in [-0.39, 0.29) is 9.89 Å². The Morgan fingerprint density at radius 1 is 0.630 bits per heavy atom. The molecule has 0 heterocycles. The molecule has 0 aromatic heterocycles. The Balaban J connectivity index is 3.12. The third-order valence-corrected chi connectivity index (χ3v) is 6.42. The molecule has 162 valence electrons. The Hall–Kier alpha value is 0.200. The van der Waals surface area contributed by atoms with Crippen molar-refractivity contribution in [3.05, 3.63) is 0 Å². The minimum atomic E-state index is -0.0195. The highest BCUT2D eigenvalue weighted by molar-refractivity contribution is 14.1. The third-order valence-electron chi connectivity index (χ3n) is 5.29. The Bertz CT molecular complexity index is 307. The molecule has 0 N–H and O–H groups in total. The van der Waals surface area contributed by atoms with Crippen molar-refractivity contribution in [2.24, 2.45) is 0 Å². The van der Waals surface area contributed by atoms with E-state index in [4.69, 9.17) is 4.74 Å². The van der Waals surface area contributed by atoms with E-state index in [1.54, 1.807) is 0 Å².